The van der Waals surface area contributed by atoms with E-state index >= 15 is 0 Å². The molecular formula is C15H24FNO. The standard InChI is InChI=1S/C15H24FNO/c1-4-11(3)10-18-15-12(9-13(17)5-2)7-6-8-14(15)16/h6-8,11,13H,4-5,9-10,17H2,1-3H3. The van der Waals surface area contributed by atoms with E-state index < -0.39 is 0 Å². The van der Waals surface area contributed by atoms with Crippen LogP contribution in [0.15, 0.2) is 18.2 Å². The zero-order chi connectivity index (χ0) is 13.5. The van der Waals surface area contributed by atoms with E-state index in [1.807, 2.05) is 13.0 Å². The van der Waals surface area contributed by atoms with Gasteiger partial charge in [-0.05, 0) is 30.4 Å². The summed E-state index contributed by atoms with van der Waals surface area (Å²) in [6, 6.07) is 5.10. The highest BCUT2D eigenvalue weighted by Crippen LogP contribution is 2.25. The first-order valence-corrected chi connectivity index (χ1v) is 6.74. The third kappa shape index (κ3) is 4.30. The predicted octanol–water partition coefficient (Wildman–Crippen LogP) is 3.53. The van der Waals surface area contributed by atoms with Crippen molar-refractivity contribution in [3.8, 4) is 5.75 Å². The van der Waals surface area contributed by atoms with Gasteiger partial charge in [-0.15, -0.1) is 0 Å². The van der Waals surface area contributed by atoms with E-state index in [4.69, 9.17) is 10.5 Å². The molecule has 18 heavy (non-hydrogen) atoms. The molecule has 0 bridgehead atoms. The average Bonchev–Trinajstić information content (AvgIpc) is 2.37. The summed E-state index contributed by atoms with van der Waals surface area (Å²) < 4.78 is 19.4. The minimum atomic E-state index is -0.292. The van der Waals surface area contributed by atoms with Crippen molar-refractivity contribution in [3.05, 3.63) is 29.6 Å². The third-order valence-corrected chi connectivity index (χ3v) is 3.26. The molecule has 2 unspecified atom stereocenters. The van der Waals surface area contributed by atoms with Gasteiger partial charge in [0.15, 0.2) is 11.6 Å². The van der Waals surface area contributed by atoms with Crippen LogP contribution in [0.1, 0.15) is 39.2 Å². The van der Waals surface area contributed by atoms with E-state index in [1.54, 1.807) is 6.07 Å². The lowest BCUT2D eigenvalue weighted by molar-refractivity contribution is 0.243. The summed E-state index contributed by atoms with van der Waals surface area (Å²) in [5.41, 5.74) is 6.80. The quantitative estimate of drug-likeness (QED) is 0.806. The first kappa shape index (κ1) is 15.0. The summed E-state index contributed by atoms with van der Waals surface area (Å²) in [7, 11) is 0. The molecule has 0 spiro atoms. The minimum absolute atomic E-state index is 0.0535. The molecule has 2 atom stereocenters. The molecule has 0 aliphatic rings. The summed E-state index contributed by atoms with van der Waals surface area (Å²) in [6.07, 6.45) is 2.56. The van der Waals surface area contributed by atoms with E-state index in [0.717, 1.165) is 18.4 Å². The second-order valence-corrected chi connectivity index (χ2v) is 4.92. The molecule has 0 heterocycles. The number of ether oxygens (including phenoxy) is 1. The summed E-state index contributed by atoms with van der Waals surface area (Å²) in [4.78, 5) is 0. The lowest BCUT2D eigenvalue weighted by Gasteiger charge is -2.17. The van der Waals surface area contributed by atoms with Gasteiger partial charge in [-0.3, -0.25) is 0 Å². The number of benzene rings is 1. The zero-order valence-corrected chi connectivity index (χ0v) is 11.6. The predicted molar refractivity (Wildman–Crippen MR) is 73.3 cm³/mol. The number of rotatable bonds is 7. The zero-order valence-electron chi connectivity index (χ0n) is 11.6. The van der Waals surface area contributed by atoms with Gasteiger partial charge in [-0.25, -0.2) is 4.39 Å². The fraction of sp³-hybridized carbons (Fsp3) is 0.600. The summed E-state index contributed by atoms with van der Waals surface area (Å²) in [6.45, 7) is 6.77. The van der Waals surface area contributed by atoms with E-state index in [2.05, 4.69) is 13.8 Å². The molecule has 3 heteroatoms. The number of nitrogens with two attached hydrogens (primary N) is 1. The Bertz CT molecular complexity index is 368. The van der Waals surface area contributed by atoms with Gasteiger partial charge < -0.3 is 10.5 Å². The van der Waals surface area contributed by atoms with Crippen LogP contribution in [0.4, 0.5) is 4.39 Å². The topological polar surface area (TPSA) is 35.2 Å². The van der Waals surface area contributed by atoms with Crippen molar-refractivity contribution in [1.82, 2.24) is 0 Å². The first-order valence-electron chi connectivity index (χ1n) is 6.74. The highest BCUT2D eigenvalue weighted by molar-refractivity contribution is 5.35. The number of hydrogen-bond acceptors (Lipinski definition) is 2. The monoisotopic (exact) mass is 253 g/mol. The van der Waals surface area contributed by atoms with Crippen LogP contribution in [0.3, 0.4) is 0 Å². The molecule has 0 saturated heterocycles. The molecule has 2 N–H and O–H groups in total. The second-order valence-electron chi connectivity index (χ2n) is 4.92. The Morgan fingerprint density at radius 1 is 1.28 bits per heavy atom. The molecule has 1 aromatic rings. The van der Waals surface area contributed by atoms with Gasteiger partial charge in [0.05, 0.1) is 6.61 Å². The summed E-state index contributed by atoms with van der Waals surface area (Å²) in [5, 5.41) is 0. The largest absolute Gasteiger partial charge is 0.490 e. The van der Waals surface area contributed by atoms with E-state index in [0.29, 0.717) is 24.7 Å². The van der Waals surface area contributed by atoms with Gasteiger partial charge in [-0.2, -0.15) is 0 Å². The highest BCUT2D eigenvalue weighted by Gasteiger charge is 2.13. The molecule has 0 aliphatic carbocycles. The Balaban J connectivity index is 2.80. The maximum atomic E-state index is 13.8. The Kier molecular flexibility index (Phi) is 6.13. The average molecular weight is 253 g/mol. The van der Waals surface area contributed by atoms with Crippen molar-refractivity contribution in [1.29, 1.82) is 0 Å². The van der Waals surface area contributed by atoms with Crippen molar-refractivity contribution in [2.45, 2.75) is 46.1 Å². The number of hydrogen-bond donors (Lipinski definition) is 1. The van der Waals surface area contributed by atoms with Gasteiger partial charge in [0.2, 0.25) is 0 Å². The highest BCUT2D eigenvalue weighted by atomic mass is 19.1. The fourth-order valence-corrected chi connectivity index (χ4v) is 1.65. The fourth-order valence-electron chi connectivity index (χ4n) is 1.65. The second kappa shape index (κ2) is 7.37. The Hall–Kier alpha value is -1.09. The van der Waals surface area contributed by atoms with Crippen molar-refractivity contribution in [2.24, 2.45) is 11.7 Å². The van der Waals surface area contributed by atoms with Crippen LogP contribution in [0, 0.1) is 11.7 Å². The van der Waals surface area contributed by atoms with Crippen LogP contribution in [-0.4, -0.2) is 12.6 Å². The van der Waals surface area contributed by atoms with Crippen LogP contribution in [0.25, 0.3) is 0 Å². The van der Waals surface area contributed by atoms with E-state index in [-0.39, 0.29) is 11.9 Å². The summed E-state index contributed by atoms with van der Waals surface area (Å²) in [5.74, 6) is 0.512. The molecule has 102 valence electrons. The van der Waals surface area contributed by atoms with Crippen LogP contribution < -0.4 is 10.5 Å². The maximum Gasteiger partial charge on any atom is 0.165 e. The van der Waals surface area contributed by atoms with Crippen LogP contribution in [0.5, 0.6) is 5.75 Å². The normalized spacial score (nSPS) is 14.3. The van der Waals surface area contributed by atoms with Crippen molar-refractivity contribution in [3.63, 3.8) is 0 Å². The Labute approximate surface area is 109 Å². The molecule has 0 aliphatic heterocycles. The van der Waals surface area contributed by atoms with Crippen molar-refractivity contribution < 1.29 is 9.13 Å². The first-order chi connectivity index (χ1) is 8.58. The van der Waals surface area contributed by atoms with E-state index in [1.165, 1.54) is 6.07 Å². The molecule has 0 amide bonds. The minimum Gasteiger partial charge on any atom is -0.490 e. The van der Waals surface area contributed by atoms with Gasteiger partial charge in [-0.1, -0.05) is 39.3 Å². The van der Waals surface area contributed by atoms with Crippen LogP contribution >= 0.6 is 0 Å². The lowest BCUT2D eigenvalue weighted by Crippen LogP contribution is -2.22. The number of halogens is 1. The van der Waals surface area contributed by atoms with Crippen LogP contribution in [-0.2, 0) is 6.42 Å². The maximum absolute atomic E-state index is 13.8. The Morgan fingerprint density at radius 3 is 2.61 bits per heavy atom. The third-order valence-electron chi connectivity index (χ3n) is 3.26. The molecule has 0 radical (unpaired) electrons. The van der Waals surface area contributed by atoms with Crippen LogP contribution in [0.2, 0.25) is 0 Å². The van der Waals surface area contributed by atoms with Gasteiger partial charge in [0.25, 0.3) is 0 Å². The van der Waals surface area contributed by atoms with Gasteiger partial charge in [0.1, 0.15) is 0 Å². The lowest BCUT2D eigenvalue weighted by atomic mass is 10.0. The Morgan fingerprint density at radius 2 is 2.00 bits per heavy atom. The molecule has 0 fully saturated rings. The molecule has 0 saturated carbocycles. The number of para-hydroxylation sites is 1. The molecule has 0 aromatic heterocycles. The molecule has 1 aromatic carbocycles. The van der Waals surface area contributed by atoms with Crippen molar-refractivity contribution >= 4 is 0 Å². The van der Waals surface area contributed by atoms with Gasteiger partial charge in [0, 0.05) is 6.04 Å². The SMILES string of the molecule is CCC(C)COc1c(F)cccc1CC(N)CC. The smallest absolute Gasteiger partial charge is 0.165 e. The molecular weight excluding hydrogens is 229 g/mol. The summed E-state index contributed by atoms with van der Waals surface area (Å²) >= 11 is 0. The van der Waals surface area contributed by atoms with E-state index in [9.17, 15) is 4.39 Å². The van der Waals surface area contributed by atoms with Gasteiger partial charge >= 0.3 is 0 Å². The van der Waals surface area contributed by atoms with Crippen molar-refractivity contribution in [2.75, 3.05) is 6.61 Å². The molecule has 1 rings (SSSR count). The molecule has 2 nitrogen and oxygen atoms in total.